The van der Waals surface area contributed by atoms with E-state index in [1.54, 1.807) is 0 Å². The molecular weight excluding hydrogens is 390 g/mol. The lowest BCUT2D eigenvalue weighted by Crippen LogP contribution is -2.48. The van der Waals surface area contributed by atoms with Crippen molar-refractivity contribution in [2.24, 2.45) is 0 Å². The number of amides is 1. The minimum absolute atomic E-state index is 0.0331. The summed E-state index contributed by atoms with van der Waals surface area (Å²) in [6.45, 7) is 7.14. The summed E-state index contributed by atoms with van der Waals surface area (Å²) >= 11 is 1.40. The summed E-state index contributed by atoms with van der Waals surface area (Å²) in [4.78, 5) is 16.9. The average molecular weight is 418 g/mol. The number of ether oxygens (including phenoxy) is 2. The molecule has 29 heavy (non-hydrogen) atoms. The number of nitrogens with zero attached hydrogens (tertiary/aromatic N) is 4. The van der Waals surface area contributed by atoms with Gasteiger partial charge in [0.15, 0.2) is 0 Å². The molecule has 2 aromatic rings. The largest absolute Gasteiger partial charge is 0.492 e. The van der Waals surface area contributed by atoms with E-state index in [9.17, 15) is 4.79 Å². The third-order valence-electron chi connectivity index (χ3n) is 5.14. The lowest BCUT2D eigenvalue weighted by atomic mass is 10.2. The molecule has 1 amide bonds. The molecule has 1 aromatic heterocycles. The molecular formula is C20H27N5O3S. The molecule has 4 rings (SSSR count). The SMILES string of the molecule is CCOc1ccccc1N1CCN(CC(=O)Nc2nnc(C3CCCO3)s2)CC1. The van der Waals surface area contributed by atoms with E-state index in [4.69, 9.17) is 9.47 Å². The van der Waals surface area contributed by atoms with Crippen molar-refractivity contribution in [2.75, 3.05) is 56.2 Å². The number of anilines is 2. The van der Waals surface area contributed by atoms with Gasteiger partial charge in [0.05, 0.1) is 18.8 Å². The Morgan fingerprint density at radius 3 is 2.86 bits per heavy atom. The maximum atomic E-state index is 12.4. The monoisotopic (exact) mass is 417 g/mol. The van der Waals surface area contributed by atoms with Crippen molar-refractivity contribution in [1.29, 1.82) is 0 Å². The second kappa shape index (κ2) is 9.51. The van der Waals surface area contributed by atoms with Gasteiger partial charge in [-0.25, -0.2) is 0 Å². The first-order valence-electron chi connectivity index (χ1n) is 10.2. The summed E-state index contributed by atoms with van der Waals surface area (Å²) < 4.78 is 11.4. The summed E-state index contributed by atoms with van der Waals surface area (Å²) in [6.07, 6.45) is 2.05. The van der Waals surface area contributed by atoms with E-state index in [1.165, 1.54) is 11.3 Å². The van der Waals surface area contributed by atoms with Crippen LogP contribution in [0.15, 0.2) is 24.3 Å². The summed E-state index contributed by atoms with van der Waals surface area (Å²) in [5, 5.41) is 12.5. The first kappa shape index (κ1) is 20.1. The number of aromatic nitrogens is 2. The molecule has 1 unspecified atom stereocenters. The van der Waals surface area contributed by atoms with Gasteiger partial charge in [-0.15, -0.1) is 10.2 Å². The number of benzene rings is 1. The smallest absolute Gasteiger partial charge is 0.240 e. The van der Waals surface area contributed by atoms with Gasteiger partial charge < -0.3 is 14.4 Å². The van der Waals surface area contributed by atoms with E-state index in [0.29, 0.717) is 18.3 Å². The molecule has 0 saturated carbocycles. The van der Waals surface area contributed by atoms with Gasteiger partial charge in [-0.05, 0) is 31.9 Å². The zero-order chi connectivity index (χ0) is 20.1. The number of hydrogen-bond donors (Lipinski definition) is 1. The summed E-state index contributed by atoms with van der Waals surface area (Å²) in [5.74, 6) is 0.864. The third-order valence-corrected chi connectivity index (χ3v) is 6.07. The van der Waals surface area contributed by atoms with E-state index in [2.05, 4.69) is 31.4 Å². The third kappa shape index (κ3) is 5.04. The van der Waals surface area contributed by atoms with E-state index in [1.807, 2.05) is 25.1 Å². The number of carbonyl (C=O) groups excluding carboxylic acids is 1. The van der Waals surface area contributed by atoms with Crippen LogP contribution < -0.4 is 15.0 Å². The second-order valence-electron chi connectivity index (χ2n) is 7.16. The standard InChI is InChI=1S/C20H27N5O3S/c1-2-27-16-7-4-3-6-15(16)25-11-9-24(10-12-25)14-18(26)21-20-23-22-19(29-20)17-8-5-13-28-17/h3-4,6-7,17H,2,5,8-14H2,1H3,(H,21,23,26). The molecule has 3 heterocycles. The minimum Gasteiger partial charge on any atom is -0.492 e. The Hall–Kier alpha value is -2.23. The van der Waals surface area contributed by atoms with E-state index in [0.717, 1.165) is 62.1 Å². The summed E-state index contributed by atoms with van der Waals surface area (Å²) in [7, 11) is 0. The zero-order valence-corrected chi connectivity index (χ0v) is 17.5. The fourth-order valence-corrected chi connectivity index (χ4v) is 4.54. The van der Waals surface area contributed by atoms with E-state index in [-0.39, 0.29) is 12.0 Å². The number of hydrogen-bond acceptors (Lipinski definition) is 8. The molecule has 2 saturated heterocycles. The van der Waals surface area contributed by atoms with E-state index >= 15 is 0 Å². The molecule has 2 fully saturated rings. The van der Waals surface area contributed by atoms with Crippen LogP contribution in [0.4, 0.5) is 10.8 Å². The molecule has 8 nitrogen and oxygen atoms in total. The highest BCUT2D eigenvalue weighted by Gasteiger charge is 2.24. The number of nitrogens with one attached hydrogen (secondary N) is 1. The van der Waals surface area contributed by atoms with Crippen LogP contribution in [0.1, 0.15) is 30.9 Å². The van der Waals surface area contributed by atoms with Gasteiger partial charge in [0.25, 0.3) is 0 Å². The highest BCUT2D eigenvalue weighted by molar-refractivity contribution is 7.15. The normalized spacial score (nSPS) is 20.0. The van der Waals surface area contributed by atoms with Gasteiger partial charge in [-0.3, -0.25) is 15.0 Å². The average Bonchev–Trinajstić information content (AvgIpc) is 3.41. The van der Waals surface area contributed by atoms with Gasteiger partial charge in [-0.1, -0.05) is 23.5 Å². The number of piperazine rings is 1. The Balaban J connectivity index is 1.26. The van der Waals surface area contributed by atoms with Crippen LogP contribution in [0.5, 0.6) is 5.75 Å². The van der Waals surface area contributed by atoms with Crippen LogP contribution >= 0.6 is 11.3 Å². The van der Waals surface area contributed by atoms with Crippen LogP contribution in [0.2, 0.25) is 0 Å². The van der Waals surface area contributed by atoms with Crippen molar-refractivity contribution in [2.45, 2.75) is 25.9 Å². The molecule has 0 aliphatic carbocycles. The maximum absolute atomic E-state index is 12.4. The Bertz CT molecular complexity index is 816. The van der Waals surface area contributed by atoms with E-state index < -0.39 is 0 Å². The van der Waals surface area contributed by atoms with Crippen molar-refractivity contribution in [3.8, 4) is 5.75 Å². The van der Waals surface area contributed by atoms with Crippen molar-refractivity contribution in [1.82, 2.24) is 15.1 Å². The van der Waals surface area contributed by atoms with Crippen molar-refractivity contribution in [3.05, 3.63) is 29.3 Å². The van der Waals surface area contributed by atoms with Crippen molar-refractivity contribution < 1.29 is 14.3 Å². The van der Waals surface area contributed by atoms with Gasteiger partial charge in [0, 0.05) is 32.8 Å². The Labute approximate surface area is 174 Å². The number of rotatable bonds is 7. The molecule has 0 radical (unpaired) electrons. The highest BCUT2D eigenvalue weighted by Crippen LogP contribution is 2.32. The zero-order valence-electron chi connectivity index (χ0n) is 16.7. The fraction of sp³-hybridized carbons (Fsp3) is 0.550. The molecule has 0 bridgehead atoms. The van der Waals surface area contributed by atoms with Gasteiger partial charge in [-0.2, -0.15) is 0 Å². The number of carbonyl (C=O) groups is 1. The van der Waals surface area contributed by atoms with Gasteiger partial charge in [0.1, 0.15) is 16.9 Å². The predicted octanol–water partition coefficient (Wildman–Crippen LogP) is 2.55. The molecule has 9 heteroatoms. The lowest BCUT2D eigenvalue weighted by molar-refractivity contribution is -0.117. The summed E-state index contributed by atoms with van der Waals surface area (Å²) in [5.41, 5.74) is 1.12. The van der Waals surface area contributed by atoms with Gasteiger partial charge >= 0.3 is 0 Å². The Morgan fingerprint density at radius 1 is 1.28 bits per heavy atom. The van der Waals surface area contributed by atoms with Crippen LogP contribution in [0.3, 0.4) is 0 Å². The fourth-order valence-electron chi connectivity index (χ4n) is 3.69. The number of para-hydroxylation sites is 2. The molecule has 2 aliphatic rings. The highest BCUT2D eigenvalue weighted by atomic mass is 32.1. The maximum Gasteiger partial charge on any atom is 0.240 e. The molecule has 1 atom stereocenters. The first-order chi connectivity index (χ1) is 14.2. The second-order valence-corrected chi connectivity index (χ2v) is 8.17. The quantitative estimate of drug-likeness (QED) is 0.742. The summed E-state index contributed by atoms with van der Waals surface area (Å²) in [6, 6.07) is 8.12. The van der Waals surface area contributed by atoms with Crippen LogP contribution in [-0.4, -0.2) is 66.9 Å². The van der Waals surface area contributed by atoms with Gasteiger partial charge in [0.2, 0.25) is 11.0 Å². The van der Waals surface area contributed by atoms with Crippen molar-refractivity contribution in [3.63, 3.8) is 0 Å². The van der Waals surface area contributed by atoms with Crippen molar-refractivity contribution >= 4 is 28.1 Å². The van der Waals surface area contributed by atoms with Crippen LogP contribution in [0.25, 0.3) is 0 Å². The topological polar surface area (TPSA) is 79.8 Å². The molecule has 156 valence electrons. The molecule has 1 N–H and O–H groups in total. The molecule has 2 aliphatic heterocycles. The molecule has 0 spiro atoms. The lowest BCUT2D eigenvalue weighted by Gasteiger charge is -2.36. The minimum atomic E-state index is -0.0526. The van der Waals surface area contributed by atoms with Crippen LogP contribution in [-0.2, 0) is 9.53 Å². The Morgan fingerprint density at radius 2 is 2.10 bits per heavy atom. The van der Waals surface area contributed by atoms with Crippen LogP contribution in [0, 0.1) is 0 Å². The first-order valence-corrected chi connectivity index (χ1v) is 11.0. The molecule has 1 aromatic carbocycles. The Kier molecular flexibility index (Phi) is 6.58. The predicted molar refractivity (Wildman–Crippen MR) is 113 cm³/mol.